The minimum Gasteiger partial charge on any atom is -0.334 e. The van der Waals surface area contributed by atoms with E-state index < -0.39 is 21.5 Å². The van der Waals surface area contributed by atoms with Crippen LogP contribution in [0.25, 0.3) is 0 Å². The number of aromatic nitrogens is 1. The molecule has 0 radical (unpaired) electrons. The molecule has 2 aromatic carbocycles. The first-order valence-corrected chi connectivity index (χ1v) is 12.9. The first kappa shape index (κ1) is 24.7. The van der Waals surface area contributed by atoms with Gasteiger partial charge in [-0.25, -0.2) is 13.2 Å². The topological polar surface area (TPSA) is 115 Å². The van der Waals surface area contributed by atoms with Crippen LogP contribution in [0, 0.1) is 11.3 Å². The van der Waals surface area contributed by atoms with E-state index in [-0.39, 0.29) is 18.0 Å². The Labute approximate surface area is 209 Å². The molecule has 4 rings (SSSR count). The number of rotatable bonds is 6. The number of piperidine rings is 1. The van der Waals surface area contributed by atoms with Crippen LogP contribution in [0.4, 0.5) is 10.5 Å². The van der Waals surface area contributed by atoms with E-state index >= 15 is 0 Å². The molecule has 2 N–H and O–H groups in total. The lowest BCUT2D eigenvalue weighted by molar-refractivity contribution is 0.251. The first-order chi connectivity index (χ1) is 16.8. The highest BCUT2D eigenvalue weighted by Crippen LogP contribution is 2.37. The van der Waals surface area contributed by atoms with Gasteiger partial charge >= 0.3 is 6.03 Å². The fraction of sp³-hybridized carbons (Fsp3) is 0.240. The van der Waals surface area contributed by atoms with E-state index in [1.165, 1.54) is 16.4 Å². The average Bonchev–Trinajstić information content (AvgIpc) is 2.89. The van der Waals surface area contributed by atoms with E-state index in [9.17, 15) is 18.5 Å². The molecule has 0 aliphatic carbocycles. The third kappa shape index (κ3) is 5.62. The number of nitrogens with one attached hydrogen (secondary N) is 2. The molecule has 1 fully saturated rings. The lowest BCUT2D eigenvalue weighted by atomic mass is 9.74. The molecule has 0 saturated carbocycles. The maximum atomic E-state index is 13.2. The Kier molecular flexibility index (Phi) is 7.36. The van der Waals surface area contributed by atoms with Crippen molar-refractivity contribution in [2.75, 3.05) is 18.4 Å². The Hall–Kier alpha value is -3.45. The fourth-order valence-corrected chi connectivity index (χ4v) is 5.63. The molecule has 2 amide bonds. The predicted molar refractivity (Wildman–Crippen MR) is 133 cm³/mol. The predicted octanol–water partition coefficient (Wildman–Crippen LogP) is 4.30. The van der Waals surface area contributed by atoms with Crippen molar-refractivity contribution in [2.24, 2.45) is 0 Å². The molecular formula is C25H24ClN5O3S. The number of hydrogen-bond donors (Lipinski definition) is 2. The highest BCUT2D eigenvalue weighted by atomic mass is 35.5. The molecule has 180 valence electrons. The van der Waals surface area contributed by atoms with Crippen LogP contribution in [-0.4, -0.2) is 36.8 Å². The molecule has 1 aromatic heterocycles. The van der Waals surface area contributed by atoms with E-state index in [2.05, 4.69) is 21.7 Å². The van der Waals surface area contributed by atoms with Gasteiger partial charge < -0.3 is 10.6 Å². The highest BCUT2D eigenvalue weighted by Gasteiger charge is 2.40. The maximum Gasteiger partial charge on any atom is 0.319 e. The van der Waals surface area contributed by atoms with Crippen molar-refractivity contribution in [3.05, 3.63) is 89.2 Å². The molecule has 0 bridgehead atoms. The molecule has 2 heterocycles. The molecule has 1 aliphatic heterocycles. The number of pyridine rings is 1. The van der Waals surface area contributed by atoms with Gasteiger partial charge in [0, 0.05) is 42.7 Å². The van der Waals surface area contributed by atoms with Gasteiger partial charge in [0.2, 0.25) is 10.0 Å². The van der Waals surface area contributed by atoms with Gasteiger partial charge in [-0.15, -0.1) is 0 Å². The van der Waals surface area contributed by atoms with E-state index in [1.807, 2.05) is 18.2 Å². The van der Waals surface area contributed by atoms with Crippen molar-refractivity contribution in [3.63, 3.8) is 0 Å². The van der Waals surface area contributed by atoms with Gasteiger partial charge in [0.1, 0.15) is 0 Å². The van der Waals surface area contributed by atoms with E-state index in [0.717, 1.165) is 11.1 Å². The van der Waals surface area contributed by atoms with Crippen LogP contribution in [-0.2, 0) is 22.0 Å². The van der Waals surface area contributed by atoms with E-state index in [0.29, 0.717) is 30.1 Å². The maximum absolute atomic E-state index is 13.2. The van der Waals surface area contributed by atoms with E-state index in [4.69, 9.17) is 11.6 Å². The van der Waals surface area contributed by atoms with Gasteiger partial charge in [0.25, 0.3) is 0 Å². The van der Waals surface area contributed by atoms with Gasteiger partial charge in [-0.3, -0.25) is 4.98 Å². The van der Waals surface area contributed by atoms with Crippen LogP contribution >= 0.6 is 11.6 Å². The number of sulfonamides is 1. The standard InChI is InChI=1S/C25H24ClN5O3S/c26-21-5-3-20(4-6-21)25(18-27)11-14-31(15-12-25)35(33,34)23-9-7-22(8-10-23)30-24(32)29-17-19-2-1-13-28-16-19/h1-10,13,16H,11-12,14-15,17H2,(H2,29,30,32). The van der Waals surface area contributed by atoms with Crippen LogP contribution in [0.15, 0.2) is 78.0 Å². The number of anilines is 1. The number of halogens is 1. The minimum atomic E-state index is -3.73. The zero-order valence-corrected chi connectivity index (χ0v) is 20.4. The molecule has 8 nitrogen and oxygen atoms in total. The van der Waals surface area contributed by atoms with Crippen molar-refractivity contribution in [2.45, 2.75) is 29.7 Å². The van der Waals surface area contributed by atoms with Gasteiger partial charge in [0.15, 0.2) is 0 Å². The number of benzene rings is 2. The monoisotopic (exact) mass is 509 g/mol. The largest absolute Gasteiger partial charge is 0.334 e. The molecule has 0 atom stereocenters. The molecule has 1 aliphatic rings. The van der Waals surface area contributed by atoms with E-state index in [1.54, 1.807) is 42.7 Å². The summed E-state index contributed by atoms with van der Waals surface area (Å²) in [5.41, 5.74) is 1.44. The molecule has 0 spiro atoms. The second kappa shape index (κ2) is 10.4. The third-order valence-electron chi connectivity index (χ3n) is 6.11. The molecular weight excluding hydrogens is 486 g/mol. The number of hydrogen-bond acceptors (Lipinski definition) is 5. The SMILES string of the molecule is N#CC1(c2ccc(Cl)cc2)CCN(S(=O)(=O)c2ccc(NC(=O)NCc3cccnc3)cc2)CC1. The summed E-state index contributed by atoms with van der Waals surface area (Å²) in [5, 5.41) is 15.9. The van der Waals surface area contributed by atoms with Crippen molar-refractivity contribution >= 4 is 33.3 Å². The van der Waals surface area contributed by atoms with Crippen molar-refractivity contribution in [1.29, 1.82) is 5.26 Å². The second-order valence-electron chi connectivity index (χ2n) is 8.30. The molecule has 1 saturated heterocycles. The summed E-state index contributed by atoms with van der Waals surface area (Å²) in [6, 6.07) is 18.8. The zero-order chi connectivity index (χ0) is 24.9. The van der Waals surface area contributed by atoms with Gasteiger partial charge in [-0.05, 0) is 66.4 Å². The van der Waals surface area contributed by atoms with Crippen LogP contribution in [0.5, 0.6) is 0 Å². The quantitative estimate of drug-likeness (QED) is 0.514. The Morgan fingerprint density at radius 1 is 1.09 bits per heavy atom. The van der Waals surface area contributed by atoms with Crippen molar-refractivity contribution < 1.29 is 13.2 Å². The summed E-state index contributed by atoms with van der Waals surface area (Å²) in [5.74, 6) is 0. The smallest absolute Gasteiger partial charge is 0.319 e. The second-order valence-corrected chi connectivity index (χ2v) is 10.7. The minimum absolute atomic E-state index is 0.134. The number of nitrogens with zero attached hydrogens (tertiary/aromatic N) is 3. The Morgan fingerprint density at radius 2 is 1.77 bits per heavy atom. The lowest BCUT2D eigenvalue weighted by Gasteiger charge is -2.37. The lowest BCUT2D eigenvalue weighted by Crippen LogP contribution is -2.44. The molecule has 35 heavy (non-hydrogen) atoms. The summed E-state index contributed by atoms with van der Waals surface area (Å²) in [6.45, 7) is 0.784. The van der Waals surface area contributed by atoms with Gasteiger partial charge in [-0.2, -0.15) is 9.57 Å². The number of amides is 2. The Bertz CT molecular complexity index is 1320. The van der Waals surface area contributed by atoms with Crippen LogP contribution < -0.4 is 10.6 Å². The van der Waals surface area contributed by atoms with Gasteiger partial charge in [0.05, 0.1) is 16.4 Å². The Morgan fingerprint density at radius 3 is 2.37 bits per heavy atom. The summed E-state index contributed by atoms with van der Waals surface area (Å²) in [6.07, 6.45) is 4.10. The molecule has 3 aromatic rings. The number of carbonyl (C=O) groups is 1. The average molecular weight is 510 g/mol. The number of carbonyl (C=O) groups excluding carboxylic acids is 1. The fourth-order valence-electron chi connectivity index (χ4n) is 4.06. The summed E-state index contributed by atoms with van der Waals surface area (Å²) >= 11 is 5.97. The first-order valence-electron chi connectivity index (χ1n) is 11.0. The number of nitriles is 1. The third-order valence-corrected chi connectivity index (χ3v) is 8.28. The van der Waals surface area contributed by atoms with Crippen LogP contribution in [0.2, 0.25) is 5.02 Å². The van der Waals surface area contributed by atoms with Crippen molar-refractivity contribution in [1.82, 2.24) is 14.6 Å². The van der Waals surface area contributed by atoms with Gasteiger partial charge in [-0.1, -0.05) is 29.8 Å². The normalized spacial score (nSPS) is 15.7. The van der Waals surface area contributed by atoms with Crippen LogP contribution in [0.1, 0.15) is 24.0 Å². The zero-order valence-electron chi connectivity index (χ0n) is 18.8. The highest BCUT2D eigenvalue weighted by molar-refractivity contribution is 7.89. The molecule has 10 heteroatoms. The summed E-state index contributed by atoms with van der Waals surface area (Å²) in [4.78, 5) is 16.3. The summed E-state index contributed by atoms with van der Waals surface area (Å²) < 4.78 is 27.8. The summed E-state index contributed by atoms with van der Waals surface area (Å²) in [7, 11) is -3.73. The van der Waals surface area contributed by atoms with Crippen LogP contribution in [0.3, 0.4) is 0 Å². The number of urea groups is 1. The molecule has 0 unspecified atom stereocenters. The van der Waals surface area contributed by atoms with Crippen molar-refractivity contribution in [3.8, 4) is 6.07 Å². The Balaban J connectivity index is 1.37.